The Morgan fingerprint density at radius 1 is 0.949 bits per heavy atom. The minimum absolute atomic E-state index is 0.0396. The summed E-state index contributed by atoms with van der Waals surface area (Å²) < 4.78 is 0. The highest BCUT2D eigenvalue weighted by Gasteiger charge is 2.16. The number of imidazole rings is 1. The molecule has 1 aromatic carbocycles. The fraction of sp³-hybridized carbons (Fsp3) is 0.412. The highest BCUT2D eigenvalue weighted by atomic mass is 32.2. The third kappa shape index (κ3) is 11.3. The fourth-order valence-electron chi connectivity index (χ4n) is 4.30. The number of H-pyrrole nitrogens is 1. The Bertz CT molecular complexity index is 1270. The summed E-state index contributed by atoms with van der Waals surface area (Å²) in [5.41, 5.74) is 9.04. The molecule has 39 heavy (non-hydrogen) atoms. The second-order valence-electron chi connectivity index (χ2n) is 10.8. The number of aromatic nitrogens is 3. The lowest BCUT2D eigenvalue weighted by Gasteiger charge is -2.17. The number of pyridine rings is 1. The van der Waals surface area contributed by atoms with E-state index in [0.29, 0.717) is 0 Å². The zero-order valence-corrected chi connectivity index (χ0v) is 25.5. The highest BCUT2D eigenvalue weighted by Crippen LogP contribution is 2.25. The van der Waals surface area contributed by atoms with Crippen LogP contribution in [0.1, 0.15) is 84.2 Å². The molecule has 5 heteroatoms. The van der Waals surface area contributed by atoms with Crippen molar-refractivity contribution in [3.63, 3.8) is 0 Å². The molecule has 0 aliphatic carbocycles. The van der Waals surface area contributed by atoms with Crippen molar-refractivity contribution in [2.24, 2.45) is 0 Å². The molecule has 1 atom stereocenters. The van der Waals surface area contributed by atoms with Crippen LogP contribution in [0.2, 0.25) is 0 Å². The first kappa shape index (κ1) is 30.5. The minimum atomic E-state index is 0.0396. The summed E-state index contributed by atoms with van der Waals surface area (Å²) >= 11 is 1.94. The minimum Gasteiger partial charge on any atom is -0.359 e. The smallest absolute Gasteiger partial charge is 0.130 e. The fourth-order valence-corrected chi connectivity index (χ4v) is 5.27. The van der Waals surface area contributed by atoms with Crippen LogP contribution in [-0.4, -0.2) is 26.5 Å². The Balaban J connectivity index is 1.64. The molecule has 208 valence electrons. The zero-order valence-electron chi connectivity index (χ0n) is 24.7. The van der Waals surface area contributed by atoms with Gasteiger partial charge in [-0.15, -0.1) is 0 Å². The number of anilines is 1. The number of hydrogen-bond acceptors (Lipinski definition) is 4. The van der Waals surface area contributed by atoms with E-state index in [4.69, 9.17) is 4.98 Å². The maximum Gasteiger partial charge on any atom is 0.130 e. The van der Waals surface area contributed by atoms with Crippen LogP contribution in [0.5, 0.6) is 0 Å². The molecule has 0 spiro atoms. The van der Waals surface area contributed by atoms with Crippen LogP contribution < -0.4 is 5.32 Å². The first-order chi connectivity index (χ1) is 18.8. The number of aryl methyl sites for hydroxylation is 1. The molecule has 0 saturated heterocycles. The van der Waals surface area contributed by atoms with Crippen molar-refractivity contribution in [2.45, 2.75) is 79.7 Å². The van der Waals surface area contributed by atoms with Gasteiger partial charge in [0.25, 0.3) is 0 Å². The summed E-state index contributed by atoms with van der Waals surface area (Å²) in [6, 6.07) is 12.4. The monoisotopic (exact) mass is 542 g/mol. The van der Waals surface area contributed by atoms with Crippen LogP contribution in [0, 0.1) is 6.92 Å². The quantitative estimate of drug-likeness (QED) is 0.148. The van der Waals surface area contributed by atoms with E-state index in [2.05, 4.69) is 99.3 Å². The standard InChI is InChI=1S/C34H46N4S/c1-25(2)11-9-12-27(5)13-10-14-29(18-17-26(3)4)20-22-39-24-32(36-33-23-28(6)19-21-35-33)34-37-30-15-7-8-16-31(30)38-34/h7-8,11,13,15-17,19-21,23,32H,9-10,12,14,18,22,24H2,1-6H3,(H,35,36)(H,37,38). The van der Waals surface area contributed by atoms with Crippen LogP contribution in [-0.2, 0) is 0 Å². The largest absolute Gasteiger partial charge is 0.359 e. The summed E-state index contributed by atoms with van der Waals surface area (Å²) in [4.78, 5) is 13.0. The molecule has 0 saturated carbocycles. The summed E-state index contributed by atoms with van der Waals surface area (Å²) in [6.45, 7) is 13.1. The van der Waals surface area contributed by atoms with E-state index in [9.17, 15) is 0 Å². The lowest BCUT2D eigenvalue weighted by atomic mass is 10.0. The average Bonchev–Trinajstić information content (AvgIpc) is 3.32. The number of nitrogens with zero attached hydrogens (tertiary/aromatic N) is 2. The number of rotatable bonds is 15. The Morgan fingerprint density at radius 3 is 2.46 bits per heavy atom. The Hall–Kier alpha value is -3.05. The van der Waals surface area contributed by atoms with Crippen molar-refractivity contribution in [3.05, 3.63) is 101 Å². The van der Waals surface area contributed by atoms with Gasteiger partial charge in [0.05, 0.1) is 17.1 Å². The molecule has 3 rings (SSSR count). The van der Waals surface area contributed by atoms with Crippen LogP contribution >= 0.6 is 11.8 Å². The second-order valence-corrected chi connectivity index (χ2v) is 11.9. The van der Waals surface area contributed by atoms with Gasteiger partial charge in [-0.05, 0) is 103 Å². The predicted molar refractivity (Wildman–Crippen MR) is 173 cm³/mol. The van der Waals surface area contributed by atoms with Gasteiger partial charge in [0.2, 0.25) is 0 Å². The summed E-state index contributed by atoms with van der Waals surface area (Å²) in [5, 5.41) is 3.63. The van der Waals surface area contributed by atoms with Gasteiger partial charge in [-0.25, -0.2) is 9.97 Å². The number of benzene rings is 1. The van der Waals surface area contributed by atoms with Gasteiger partial charge in [-0.1, -0.05) is 58.7 Å². The number of hydrogen-bond donors (Lipinski definition) is 2. The summed E-state index contributed by atoms with van der Waals surface area (Å²) in [5.74, 6) is 3.71. The third-order valence-electron chi connectivity index (χ3n) is 6.57. The number of fused-ring (bicyclic) bond motifs is 1. The topological polar surface area (TPSA) is 53.6 Å². The van der Waals surface area contributed by atoms with Gasteiger partial charge in [0.1, 0.15) is 11.6 Å². The molecule has 3 aromatic rings. The molecule has 2 N–H and O–H groups in total. The van der Waals surface area contributed by atoms with E-state index in [-0.39, 0.29) is 6.04 Å². The lowest BCUT2D eigenvalue weighted by molar-refractivity contribution is 0.820. The van der Waals surface area contributed by atoms with Crippen molar-refractivity contribution in [3.8, 4) is 0 Å². The Morgan fingerprint density at radius 2 is 1.72 bits per heavy atom. The molecule has 0 aliphatic rings. The first-order valence-corrected chi connectivity index (χ1v) is 15.3. The molecular formula is C34H46N4S. The molecule has 2 aromatic heterocycles. The van der Waals surface area contributed by atoms with E-state index < -0.39 is 0 Å². The highest BCUT2D eigenvalue weighted by molar-refractivity contribution is 7.99. The summed E-state index contributed by atoms with van der Waals surface area (Å²) in [7, 11) is 0. The SMILES string of the molecule is CC(C)=CCCC(C)=CCCC(=CCSCC(Nc1cc(C)ccn1)c1nc2ccccc2[nH]1)CC=C(C)C. The van der Waals surface area contributed by atoms with Gasteiger partial charge in [-0.3, -0.25) is 0 Å². The van der Waals surface area contributed by atoms with Gasteiger partial charge in [0.15, 0.2) is 0 Å². The Kier molecular flexibility index (Phi) is 12.6. The maximum atomic E-state index is 4.89. The van der Waals surface area contributed by atoms with Gasteiger partial charge in [-0.2, -0.15) is 11.8 Å². The molecule has 1 unspecified atom stereocenters. The van der Waals surface area contributed by atoms with Crippen molar-refractivity contribution >= 4 is 28.6 Å². The van der Waals surface area contributed by atoms with Crippen LogP contribution in [0.3, 0.4) is 0 Å². The second kappa shape index (κ2) is 16.1. The first-order valence-electron chi connectivity index (χ1n) is 14.1. The van der Waals surface area contributed by atoms with E-state index in [1.54, 1.807) is 0 Å². The predicted octanol–water partition coefficient (Wildman–Crippen LogP) is 9.91. The number of para-hydroxylation sites is 2. The molecule has 0 bridgehead atoms. The van der Waals surface area contributed by atoms with Crippen LogP contribution in [0.25, 0.3) is 11.0 Å². The maximum absolute atomic E-state index is 4.89. The van der Waals surface area contributed by atoms with E-state index in [0.717, 1.165) is 66.3 Å². The lowest BCUT2D eigenvalue weighted by Crippen LogP contribution is -2.16. The third-order valence-corrected chi connectivity index (χ3v) is 7.54. The molecule has 0 amide bonds. The van der Waals surface area contributed by atoms with Crippen molar-refractivity contribution in [2.75, 3.05) is 16.8 Å². The van der Waals surface area contributed by atoms with Gasteiger partial charge < -0.3 is 10.3 Å². The normalized spacial score (nSPS) is 12.9. The molecular weight excluding hydrogens is 496 g/mol. The Labute approximate surface area is 240 Å². The average molecular weight is 543 g/mol. The van der Waals surface area contributed by atoms with Gasteiger partial charge >= 0.3 is 0 Å². The van der Waals surface area contributed by atoms with Crippen molar-refractivity contribution in [1.82, 2.24) is 15.0 Å². The van der Waals surface area contributed by atoms with E-state index in [1.165, 1.54) is 27.9 Å². The molecule has 4 nitrogen and oxygen atoms in total. The summed E-state index contributed by atoms with van der Waals surface area (Å²) in [6.07, 6.45) is 17.0. The van der Waals surface area contributed by atoms with Gasteiger partial charge in [0, 0.05) is 17.7 Å². The van der Waals surface area contributed by atoms with E-state index >= 15 is 0 Å². The van der Waals surface area contributed by atoms with Crippen LogP contribution in [0.15, 0.2) is 89.2 Å². The number of aromatic amines is 1. The van der Waals surface area contributed by atoms with E-state index in [1.807, 2.05) is 36.2 Å². The van der Waals surface area contributed by atoms with Crippen LogP contribution in [0.4, 0.5) is 5.82 Å². The number of allylic oxidation sites excluding steroid dienone is 7. The zero-order chi connectivity index (χ0) is 28.0. The number of nitrogens with one attached hydrogen (secondary N) is 2. The molecule has 0 aliphatic heterocycles. The molecule has 0 radical (unpaired) electrons. The van der Waals surface area contributed by atoms with Crippen molar-refractivity contribution < 1.29 is 0 Å². The number of thioether (sulfide) groups is 1. The molecule has 2 heterocycles. The molecule has 0 fully saturated rings. The van der Waals surface area contributed by atoms with Crippen molar-refractivity contribution in [1.29, 1.82) is 0 Å².